The van der Waals surface area contributed by atoms with Crippen molar-refractivity contribution in [1.82, 2.24) is 0 Å². The van der Waals surface area contributed by atoms with Gasteiger partial charge in [0.2, 0.25) is 0 Å². The van der Waals surface area contributed by atoms with Crippen molar-refractivity contribution in [2.24, 2.45) is 0 Å². The van der Waals surface area contributed by atoms with Crippen LogP contribution in [0.1, 0.15) is 36.1 Å². The molecule has 0 bridgehead atoms. The quantitative estimate of drug-likeness (QED) is 0.170. The molecule has 0 aromatic heterocycles. The van der Waals surface area contributed by atoms with Crippen LogP contribution >= 0.6 is 0 Å². The summed E-state index contributed by atoms with van der Waals surface area (Å²) < 4.78 is 0. The van der Waals surface area contributed by atoms with E-state index in [1.165, 1.54) is 27.6 Å². The number of fused-ring (bicyclic) bond motifs is 1. The highest BCUT2D eigenvalue weighted by atomic mass is 15.1. The molecule has 0 aliphatic rings. The van der Waals surface area contributed by atoms with E-state index in [0.717, 1.165) is 39.4 Å². The van der Waals surface area contributed by atoms with Crippen LogP contribution in [-0.2, 0) is 0 Å². The Balaban J connectivity index is 1.77. The standard InChI is InChI=1S/C44H42N2/c1-6-7-10-19-36(5)46(40-24-13-9-14-25-40)41-29-30-43-34(3)27-28-39(45-38-21-11-8-12-22-38)23-17-26-42(44(43)32-41)35(4)31-37-20-16-15-18-33(37)2/h6-32,45H,5H2,1-4H3/b7-6-,19-10-,23-17?,26-17?,28-27?,34-27?,35-31+,39-23?,39-28?,42-26?,43-34?,44-42?. The highest BCUT2D eigenvalue weighted by molar-refractivity contribution is 5.99. The van der Waals surface area contributed by atoms with Gasteiger partial charge in [0.15, 0.2) is 0 Å². The van der Waals surface area contributed by atoms with Crippen LogP contribution in [-0.4, -0.2) is 0 Å². The van der Waals surface area contributed by atoms with E-state index in [2.05, 4.69) is 159 Å². The SMILES string of the molecule is C=C(/C=C\C=C/C)N(c1ccccc1)c1ccc2c(C)ccc(Nc3ccccc3)cccc(/C(C)=C/c3ccccc3C)c2c1. The molecule has 0 aliphatic heterocycles. The van der Waals surface area contributed by atoms with Crippen LogP contribution < -0.4 is 10.2 Å². The molecule has 228 valence electrons. The number of nitrogens with one attached hydrogen (secondary N) is 1. The van der Waals surface area contributed by atoms with Crippen molar-refractivity contribution in [1.29, 1.82) is 0 Å². The lowest BCUT2D eigenvalue weighted by molar-refractivity contribution is 1.22. The predicted molar refractivity (Wildman–Crippen MR) is 202 cm³/mol. The average molecular weight is 599 g/mol. The van der Waals surface area contributed by atoms with Crippen LogP contribution in [0.25, 0.3) is 22.4 Å². The normalized spacial score (nSPS) is 11.5. The van der Waals surface area contributed by atoms with Crippen LogP contribution in [0, 0.1) is 13.8 Å². The van der Waals surface area contributed by atoms with Crippen molar-refractivity contribution in [2.45, 2.75) is 27.7 Å². The van der Waals surface area contributed by atoms with Crippen LogP contribution in [0.15, 0.2) is 170 Å². The number of nitrogens with zero attached hydrogens (tertiary/aromatic N) is 1. The molecule has 0 unspecified atom stereocenters. The van der Waals surface area contributed by atoms with Gasteiger partial charge in [0.05, 0.1) is 0 Å². The van der Waals surface area contributed by atoms with Crippen molar-refractivity contribution >= 4 is 45.2 Å². The van der Waals surface area contributed by atoms with Crippen molar-refractivity contribution in [3.05, 3.63) is 192 Å². The Labute approximate surface area is 274 Å². The lowest BCUT2D eigenvalue weighted by Crippen LogP contribution is -2.14. The summed E-state index contributed by atoms with van der Waals surface area (Å²) >= 11 is 0. The summed E-state index contributed by atoms with van der Waals surface area (Å²) in [5.41, 5.74) is 11.0. The summed E-state index contributed by atoms with van der Waals surface area (Å²) in [6, 6.07) is 46.9. The molecule has 0 saturated heterocycles. The number of allylic oxidation sites excluding steroid dienone is 5. The summed E-state index contributed by atoms with van der Waals surface area (Å²) in [4.78, 5) is 2.22. The zero-order chi connectivity index (χ0) is 32.3. The smallest absolute Gasteiger partial charge is 0.0467 e. The van der Waals surface area contributed by atoms with Crippen molar-refractivity contribution < 1.29 is 0 Å². The van der Waals surface area contributed by atoms with E-state index in [-0.39, 0.29) is 0 Å². The number of hydrogen-bond acceptors (Lipinski definition) is 2. The molecule has 0 fully saturated rings. The minimum absolute atomic E-state index is 0.883. The Hall–Kier alpha value is -5.60. The molecule has 46 heavy (non-hydrogen) atoms. The first-order valence-corrected chi connectivity index (χ1v) is 15.8. The van der Waals surface area contributed by atoms with Crippen molar-refractivity contribution in [2.75, 3.05) is 10.2 Å². The highest BCUT2D eigenvalue weighted by Crippen LogP contribution is 2.35. The second-order valence-electron chi connectivity index (χ2n) is 11.4. The first-order chi connectivity index (χ1) is 22.4. The highest BCUT2D eigenvalue weighted by Gasteiger charge is 2.14. The van der Waals surface area contributed by atoms with E-state index >= 15 is 0 Å². The Morgan fingerprint density at radius 2 is 1.30 bits per heavy atom. The molecule has 5 rings (SSSR count). The van der Waals surface area contributed by atoms with Gasteiger partial charge in [-0.2, -0.15) is 0 Å². The van der Waals surface area contributed by atoms with Gasteiger partial charge in [0.25, 0.3) is 0 Å². The Kier molecular flexibility index (Phi) is 10.7. The molecule has 0 amide bonds. The van der Waals surface area contributed by atoms with Crippen LogP contribution in [0.5, 0.6) is 0 Å². The number of rotatable bonds is 9. The molecule has 1 N–H and O–H groups in total. The second-order valence-corrected chi connectivity index (χ2v) is 11.4. The number of aryl methyl sites for hydroxylation is 2. The number of anilines is 4. The Morgan fingerprint density at radius 3 is 2.04 bits per heavy atom. The maximum atomic E-state index is 4.47. The van der Waals surface area contributed by atoms with Gasteiger partial charge in [-0.15, -0.1) is 0 Å². The third kappa shape index (κ3) is 7.91. The summed E-state index contributed by atoms with van der Waals surface area (Å²) in [5.74, 6) is 0. The zero-order valence-electron chi connectivity index (χ0n) is 27.2. The first-order valence-electron chi connectivity index (χ1n) is 15.8. The summed E-state index contributed by atoms with van der Waals surface area (Å²) in [6.07, 6.45) is 10.4. The fourth-order valence-corrected chi connectivity index (χ4v) is 5.52. The molecule has 0 spiro atoms. The van der Waals surface area contributed by atoms with Crippen LogP contribution in [0.3, 0.4) is 0 Å². The monoisotopic (exact) mass is 598 g/mol. The number of hydrogen-bond donors (Lipinski definition) is 1. The third-order valence-corrected chi connectivity index (χ3v) is 7.97. The molecule has 5 aromatic carbocycles. The fraction of sp³-hybridized carbons (Fsp3) is 0.0909. The second kappa shape index (κ2) is 15.4. The molecule has 0 aliphatic carbocycles. The lowest BCUT2D eigenvalue weighted by atomic mass is 9.96. The molecule has 2 nitrogen and oxygen atoms in total. The van der Waals surface area contributed by atoms with E-state index < -0.39 is 0 Å². The molecular formula is C44H42N2. The summed E-state index contributed by atoms with van der Waals surface area (Å²) in [5, 5.41) is 5.91. The van der Waals surface area contributed by atoms with E-state index in [4.69, 9.17) is 0 Å². The Morgan fingerprint density at radius 1 is 0.630 bits per heavy atom. The van der Waals surface area contributed by atoms with Crippen molar-refractivity contribution in [3.63, 3.8) is 0 Å². The third-order valence-electron chi connectivity index (χ3n) is 7.97. The minimum atomic E-state index is 0.883. The van der Waals surface area contributed by atoms with Gasteiger partial charge in [0, 0.05) is 28.4 Å². The maximum Gasteiger partial charge on any atom is 0.0467 e. The topological polar surface area (TPSA) is 15.3 Å². The van der Waals surface area contributed by atoms with Crippen LogP contribution in [0.2, 0.25) is 0 Å². The molecule has 5 aromatic rings. The zero-order valence-corrected chi connectivity index (χ0v) is 27.2. The van der Waals surface area contributed by atoms with Gasteiger partial charge < -0.3 is 10.2 Å². The van der Waals surface area contributed by atoms with Crippen LogP contribution in [0.4, 0.5) is 22.7 Å². The van der Waals surface area contributed by atoms with Crippen molar-refractivity contribution in [3.8, 4) is 0 Å². The van der Waals surface area contributed by atoms with E-state index in [0.29, 0.717) is 0 Å². The molecule has 0 saturated carbocycles. The van der Waals surface area contributed by atoms with Gasteiger partial charge in [-0.3, -0.25) is 0 Å². The van der Waals surface area contributed by atoms with Gasteiger partial charge in [-0.1, -0.05) is 116 Å². The molecular weight excluding hydrogens is 556 g/mol. The molecule has 0 radical (unpaired) electrons. The summed E-state index contributed by atoms with van der Waals surface area (Å²) in [7, 11) is 0. The lowest BCUT2D eigenvalue weighted by Gasteiger charge is -2.26. The van der Waals surface area contributed by atoms with Gasteiger partial charge in [0.1, 0.15) is 0 Å². The largest absolute Gasteiger partial charge is 0.356 e. The van der Waals surface area contributed by atoms with Gasteiger partial charge in [-0.25, -0.2) is 0 Å². The fourth-order valence-electron chi connectivity index (χ4n) is 5.52. The number of benzene rings is 4. The minimum Gasteiger partial charge on any atom is -0.356 e. The predicted octanol–water partition coefficient (Wildman–Crippen LogP) is 12.7. The van der Waals surface area contributed by atoms with Gasteiger partial charge >= 0.3 is 0 Å². The molecule has 0 heterocycles. The maximum absolute atomic E-state index is 4.47. The van der Waals surface area contributed by atoms with E-state index in [9.17, 15) is 0 Å². The average Bonchev–Trinajstić information content (AvgIpc) is 3.07. The van der Waals surface area contributed by atoms with Gasteiger partial charge in [-0.05, 0) is 121 Å². The Bertz CT molecular complexity index is 1960. The van der Waals surface area contributed by atoms with E-state index in [1.807, 2.05) is 49.4 Å². The molecule has 2 heteroatoms. The summed E-state index contributed by atoms with van der Waals surface area (Å²) in [6.45, 7) is 13.0. The first kappa shape index (κ1) is 31.8. The number of para-hydroxylation sites is 2. The van der Waals surface area contributed by atoms with E-state index in [1.54, 1.807) is 0 Å². The molecule has 0 atom stereocenters.